The van der Waals surface area contributed by atoms with Crippen molar-refractivity contribution in [3.05, 3.63) is 35.9 Å². The fourth-order valence-corrected chi connectivity index (χ4v) is 2.42. The van der Waals surface area contributed by atoms with E-state index in [0.29, 0.717) is 18.2 Å². The molecule has 0 saturated carbocycles. The number of ether oxygens (including phenoxy) is 1. The summed E-state index contributed by atoms with van der Waals surface area (Å²) in [6, 6.07) is 11.1. The lowest BCUT2D eigenvalue weighted by Gasteiger charge is -2.23. The van der Waals surface area contributed by atoms with Crippen molar-refractivity contribution in [2.24, 2.45) is 0 Å². The minimum Gasteiger partial charge on any atom is -0.374 e. The molecule has 0 aliphatic carbocycles. The second-order valence-electron chi connectivity index (χ2n) is 4.65. The third kappa shape index (κ3) is 2.83. The van der Waals surface area contributed by atoms with Gasteiger partial charge in [0.25, 0.3) is 0 Å². The van der Waals surface area contributed by atoms with E-state index < -0.39 is 0 Å². The zero-order chi connectivity index (χ0) is 11.4. The average molecular weight is 219 g/mol. The number of benzene rings is 1. The molecule has 1 aliphatic heterocycles. The molecule has 0 aromatic heterocycles. The number of hydrogen-bond acceptors (Lipinski definition) is 2. The Morgan fingerprint density at radius 1 is 1.31 bits per heavy atom. The summed E-state index contributed by atoms with van der Waals surface area (Å²) in [6.07, 6.45) is 4.23. The molecule has 3 unspecified atom stereocenters. The first-order chi connectivity index (χ1) is 7.79. The highest BCUT2D eigenvalue weighted by Gasteiger charge is 2.28. The van der Waals surface area contributed by atoms with E-state index in [2.05, 4.69) is 42.6 Å². The first-order valence-corrected chi connectivity index (χ1v) is 6.16. The van der Waals surface area contributed by atoms with Gasteiger partial charge < -0.3 is 10.1 Å². The van der Waals surface area contributed by atoms with Crippen molar-refractivity contribution in [1.29, 1.82) is 0 Å². The summed E-state index contributed by atoms with van der Waals surface area (Å²) >= 11 is 0. The van der Waals surface area contributed by atoms with Crippen LogP contribution in [0.1, 0.15) is 25.3 Å². The van der Waals surface area contributed by atoms with Crippen LogP contribution in [0.2, 0.25) is 0 Å². The molecule has 1 aromatic rings. The van der Waals surface area contributed by atoms with Gasteiger partial charge in [0.05, 0.1) is 12.2 Å². The van der Waals surface area contributed by atoms with Crippen molar-refractivity contribution in [3.63, 3.8) is 0 Å². The molecule has 2 rings (SSSR count). The van der Waals surface area contributed by atoms with Crippen LogP contribution in [0.25, 0.3) is 0 Å². The Kier molecular flexibility index (Phi) is 3.97. The first-order valence-electron chi connectivity index (χ1n) is 6.16. The molecule has 1 heterocycles. The van der Waals surface area contributed by atoms with Crippen LogP contribution in [0.4, 0.5) is 0 Å². The molecule has 2 nitrogen and oxygen atoms in total. The van der Waals surface area contributed by atoms with Gasteiger partial charge in [-0.3, -0.25) is 0 Å². The summed E-state index contributed by atoms with van der Waals surface area (Å²) in [5.41, 5.74) is 1.38. The lowest BCUT2D eigenvalue weighted by atomic mass is 9.99. The van der Waals surface area contributed by atoms with Crippen LogP contribution in [0.15, 0.2) is 30.3 Å². The Hall–Kier alpha value is -0.860. The van der Waals surface area contributed by atoms with Crippen LogP contribution in [0.3, 0.4) is 0 Å². The van der Waals surface area contributed by atoms with Gasteiger partial charge in [-0.05, 0) is 38.8 Å². The summed E-state index contributed by atoms with van der Waals surface area (Å²) in [5, 5.41) is 3.39. The van der Waals surface area contributed by atoms with E-state index >= 15 is 0 Å². The molecular formula is C14H21NO. The van der Waals surface area contributed by atoms with Gasteiger partial charge in [0.1, 0.15) is 0 Å². The smallest absolute Gasteiger partial charge is 0.0735 e. The predicted octanol–water partition coefficient (Wildman–Crippen LogP) is 2.38. The van der Waals surface area contributed by atoms with Crippen LogP contribution >= 0.6 is 0 Å². The third-order valence-electron chi connectivity index (χ3n) is 3.38. The summed E-state index contributed by atoms with van der Waals surface area (Å²) in [5.74, 6) is 0. The molecule has 0 bridgehead atoms. The van der Waals surface area contributed by atoms with Crippen LogP contribution in [-0.2, 0) is 11.2 Å². The molecule has 3 atom stereocenters. The quantitative estimate of drug-likeness (QED) is 0.839. The molecule has 88 valence electrons. The van der Waals surface area contributed by atoms with Crippen molar-refractivity contribution in [2.75, 3.05) is 7.05 Å². The van der Waals surface area contributed by atoms with Crippen LogP contribution < -0.4 is 5.32 Å². The summed E-state index contributed by atoms with van der Waals surface area (Å²) in [4.78, 5) is 0. The van der Waals surface area contributed by atoms with Gasteiger partial charge >= 0.3 is 0 Å². The van der Waals surface area contributed by atoms with Gasteiger partial charge in [0.15, 0.2) is 0 Å². The largest absolute Gasteiger partial charge is 0.374 e. The molecule has 1 aromatic carbocycles. The molecule has 16 heavy (non-hydrogen) atoms. The number of rotatable bonds is 4. The van der Waals surface area contributed by atoms with Gasteiger partial charge in [-0.15, -0.1) is 0 Å². The molecule has 1 aliphatic rings. The fraction of sp³-hybridized carbons (Fsp3) is 0.571. The van der Waals surface area contributed by atoms with Crippen molar-refractivity contribution in [2.45, 2.75) is 44.4 Å². The topological polar surface area (TPSA) is 21.3 Å². The van der Waals surface area contributed by atoms with Crippen molar-refractivity contribution >= 4 is 0 Å². The van der Waals surface area contributed by atoms with Gasteiger partial charge in [-0.25, -0.2) is 0 Å². The van der Waals surface area contributed by atoms with E-state index in [1.807, 2.05) is 7.05 Å². The van der Waals surface area contributed by atoms with E-state index in [-0.39, 0.29) is 0 Å². The Labute approximate surface area is 98.0 Å². The van der Waals surface area contributed by atoms with Crippen LogP contribution in [0, 0.1) is 0 Å². The lowest BCUT2D eigenvalue weighted by Crippen LogP contribution is -2.39. The summed E-state index contributed by atoms with van der Waals surface area (Å²) < 4.78 is 5.92. The Balaban J connectivity index is 1.96. The Morgan fingerprint density at radius 3 is 2.62 bits per heavy atom. The minimum absolute atomic E-state index is 0.375. The molecule has 1 fully saturated rings. The van der Waals surface area contributed by atoms with Gasteiger partial charge in [0, 0.05) is 6.04 Å². The maximum Gasteiger partial charge on any atom is 0.0735 e. The molecule has 1 saturated heterocycles. The van der Waals surface area contributed by atoms with Crippen LogP contribution in [-0.4, -0.2) is 25.3 Å². The minimum atomic E-state index is 0.375. The molecule has 0 amide bonds. The highest BCUT2D eigenvalue weighted by molar-refractivity contribution is 5.16. The predicted molar refractivity (Wildman–Crippen MR) is 66.6 cm³/mol. The summed E-state index contributed by atoms with van der Waals surface area (Å²) in [7, 11) is 2.03. The van der Waals surface area contributed by atoms with E-state index in [1.54, 1.807) is 0 Å². The molecule has 0 radical (unpaired) electrons. The van der Waals surface area contributed by atoms with E-state index in [4.69, 9.17) is 4.74 Å². The van der Waals surface area contributed by atoms with E-state index in [1.165, 1.54) is 18.4 Å². The zero-order valence-electron chi connectivity index (χ0n) is 10.1. The van der Waals surface area contributed by atoms with Crippen molar-refractivity contribution in [1.82, 2.24) is 5.32 Å². The Bertz CT molecular complexity index is 312. The van der Waals surface area contributed by atoms with Gasteiger partial charge in [-0.2, -0.15) is 0 Å². The first kappa shape index (κ1) is 11.6. The van der Waals surface area contributed by atoms with Crippen LogP contribution in [0.5, 0.6) is 0 Å². The Morgan fingerprint density at radius 2 is 2.06 bits per heavy atom. The molecule has 0 spiro atoms. The monoisotopic (exact) mass is 219 g/mol. The zero-order valence-corrected chi connectivity index (χ0v) is 10.1. The number of hydrogen-bond donors (Lipinski definition) is 1. The maximum absolute atomic E-state index is 5.92. The normalized spacial score (nSPS) is 26.9. The molecule has 1 N–H and O–H groups in total. The third-order valence-corrected chi connectivity index (χ3v) is 3.38. The lowest BCUT2D eigenvalue weighted by molar-refractivity contribution is 0.0337. The fourth-order valence-electron chi connectivity index (χ4n) is 2.42. The number of nitrogens with one attached hydrogen (secondary N) is 1. The molecule has 2 heteroatoms. The maximum atomic E-state index is 5.92. The van der Waals surface area contributed by atoms with Gasteiger partial charge in [-0.1, -0.05) is 30.3 Å². The van der Waals surface area contributed by atoms with Crippen molar-refractivity contribution < 1.29 is 4.74 Å². The summed E-state index contributed by atoms with van der Waals surface area (Å²) in [6.45, 7) is 2.16. The van der Waals surface area contributed by atoms with Crippen molar-refractivity contribution in [3.8, 4) is 0 Å². The van der Waals surface area contributed by atoms with E-state index in [9.17, 15) is 0 Å². The highest BCUT2D eigenvalue weighted by atomic mass is 16.5. The second kappa shape index (κ2) is 5.46. The second-order valence-corrected chi connectivity index (χ2v) is 4.65. The van der Waals surface area contributed by atoms with E-state index in [0.717, 1.165) is 6.42 Å². The molecular weight excluding hydrogens is 198 g/mol. The average Bonchev–Trinajstić information content (AvgIpc) is 2.74. The SMILES string of the molecule is CNC(Cc1ccccc1)C1CCC(C)O1. The van der Waals surface area contributed by atoms with Gasteiger partial charge in [0.2, 0.25) is 0 Å². The standard InChI is InChI=1S/C14H21NO/c1-11-8-9-14(16-11)13(15-2)10-12-6-4-3-5-7-12/h3-7,11,13-15H,8-10H2,1-2H3. The highest BCUT2D eigenvalue weighted by Crippen LogP contribution is 2.23. The number of likely N-dealkylation sites (N-methyl/N-ethyl adjacent to an activating group) is 1.